The third-order valence-electron chi connectivity index (χ3n) is 2.53. The molecule has 1 aromatic carbocycles. The molecule has 0 heterocycles. The first-order valence-corrected chi connectivity index (χ1v) is 5.19. The first-order chi connectivity index (χ1) is 8.25. The molecule has 0 atom stereocenters. The van der Waals surface area contributed by atoms with Crippen LogP contribution in [0.3, 0.4) is 0 Å². The third-order valence-corrected chi connectivity index (χ3v) is 2.53. The van der Waals surface area contributed by atoms with Gasteiger partial charge in [-0.1, -0.05) is 0 Å². The number of carbonyl (C=O) groups is 4. The number of carboxylic acid groups (broad SMARTS) is 1. The van der Waals surface area contributed by atoms with E-state index in [0.29, 0.717) is 0 Å². The van der Waals surface area contributed by atoms with Crippen LogP contribution < -0.4 is 0 Å². The molecule has 96 valence electrons. The monoisotopic (exact) mass is 515 g/mol. The summed E-state index contributed by atoms with van der Waals surface area (Å²) in [6, 6.07) is 2.25. The average molecular weight is 515 g/mol. The van der Waals surface area contributed by atoms with Crippen LogP contribution in [-0.4, -0.2) is 28.4 Å². The van der Waals surface area contributed by atoms with Crippen molar-refractivity contribution in [2.24, 2.45) is 0 Å². The molecule has 0 bridgehead atoms. The van der Waals surface area contributed by atoms with Crippen LogP contribution in [0.5, 0.6) is 0 Å². The van der Waals surface area contributed by atoms with Crippen LogP contribution in [0.1, 0.15) is 62.2 Å². The number of rotatable bonds is 4. The number of carboxylic acids is 1. The van der Waals surface area contributed by atoms with E-state index in [0.717, 1.165) is 6.07 Å². The Hall–Kier alpha value is -3.30. The summed E-state index contributed by atoms with van der Waals surface area (Å²) in [6.07, 6.45) is 0. The van der Waals surface area contributed by atoms with Gasteiger partial charge in [-0.2, -0.15) is 0 Å². The van der Waals surface area contributed by atoms with E-state index in [2.05, 4.69) is 0 Å². The Balaban J connectivity index is 0.00000324. The number of aromatic carboxylic acids is 1. The van der Waals surface area contributed by atoms with Gasteiger partial charge in [-0.15, -0.1) is 0 Å². The van der Waals surface area contributed by atoms with Crippen LogP contribution in [0.25, 0.3) is 0 Å². The summed E-state index contributed by atoms with van der Waals surface area (Å²) in [4.78, 5) is 45.2. The second-order valence-corrected chi connectivity index (χ2v) is 3.92. The second kappa shape index (κ2) is 5.35. The van der Waals surface area contributed by atoms with Crippen molar-refractivity contribution < 1.29 is 24.3 Å². The molecule has 5 nitrogen and oxygen atoms in total. The molecule has 0 aromatic heterocycles. The molecule has 6 heteroatoms. The van der Waals surface area contributed by atoms with E-state index in [1.165, 1.54) is 26.8 Å². The van der Waals surface area contributed by atoms with Crippen LogP contribution in [0.15, 0.2) is 12.1 Å². The van der Waals surface area contributed by atoms with Crippen molar-refractivity contribution in [1.29, 1.82) is 0 Å². The molecule has 19 heavy (non-hydrogen) atoms. The van der Waals surface area contributed by atoms with Crippen molar-refractivity contribution in [2.75, 3.05) is 0 Å². The third kappa shape index (κ3) is 2.88. The molecule has 1 aromatic rings. The van der Waals surface area contributed by atoms with E-state index < -0.39 is 17.5 Å². The minimum atomic E-state index is -1.31. The van der Waals surface area contributed by atoms with E-state index in [1.807, 2.05) is 0 Å². The summed E-state index contributed by atoms with van der Waals surface area (Å²) in [6.45, 7) is 3.70. The van der Waals surface area contributed by atoms with Gasteiger partial charge in [-0.05, 0) is 32.9 Å². The van der Waals surface area contributed by atoms with Gasteiger partial charge in [0.05, 0.1) is 5.56 Å². The van der Waals surface area contributed by atoms with E-state index in [-0.39, 0.29) is 28.0 Å². The summed E-state index contributed by atoms with van der Waals surface area (Å²) >= 11 is 0. The van der Waals surface area contributed by atoms with Crippen LogP contribution in [0.2, 0.25) is 0 Å². The molecule has 0 aliphatic rings. The number of hydrogen-bond acceptors (Lipinski definition) is 4. The predicted molar refractivity (Wildman–Crippen MR) is 63.4 cm³/mol. The summed E-state index contributed by atoms with van der Waals surface area (Å²) in [5.41, 5.74) is -0.252. The topological polar surface area (TPSA) is 88.5 Å². The number of carbonyl (C=O) groups excluding carboxylic acids is 3. The standard InChI is InChI=1S/C13H12O5.Rf/c1-6(14)9-4-11(8(3)16)12(13(17)18)5-10(9)7(2)15;/h4-5H,1-3H3,(H,17,18);. The fourth-order valence-electron chi connectivity index (χ4n) is 1.65. The zero-order valence-electron chi connectivity index (χ0n) is 10.9. The fourth-order valence-corrected chi connectivity index (χ4v) is 1.65. The van der Waals surface area contributed by atoms with Gasteiger partial charge in [0.15, 0.2) is 17.3 Å². The quantitative estimate of drug-likeness (QED) is 0.621. The SMILES string of the molecule is CC(=O)c1cc(C(C)=O)c(C(=O)O)cc1C(C)=O.[Rf]. The van der Waals surface area contributed by atoms with E-state index in [4.69, 9.17) is 5.11 Å². The van der Waals surface area contributed by atoms with Gasteiger partial charge in [-0.25, -0.2) is 4.79 Å². The molecule has 0 saturated carbocycles. The first-order valence-electron chi connectivity index (χ1n) is 5.19. The minimum Gasteiger partial charge on any atom is -0.478 e. The molecular formula is C13H12O5Rf. The van der Waals surface area contributed by atoms with Gasteiger partial charge in [0, 0.05) is 16.7 Å². The van der Waals surface area contributed by atoms with Crippen molar-refractivity contribution in [3.63, 3.8) is 0 Å². The maximum atomic E-state index is 11.4. The van der Waals surface area contributed by atoms with Crippen molar-refractivity contribution in [3.05, 3.63) is 34.4 Å². The Kier molecular flexibility index (Phi) is 4.42. The Morgan fingerprint density at radius 2 is 1.00 bits per heavy atom. The number of hydrogen-bond donors (Lipinski definition) is 1. The minimum absolute atomic E-state index is 0. The molecular weight excluding hydrogens is 503 g/mol. The Labute approximate surface area is 103 Å². The number of ketones is 3. The van der Waals surface area contributed by atoms with Crippen molar-refractivity contribution in [2.45, 2.75) is 20.8 Å². The van der Waals surface area contributed by atoms with Gasteiger partial charge in [0.2, 0.25) is 0 Å². The second-order valence-electron chi connectivity index (χ2n) is 3.92. The summed E-state index contributed by atoms with van der Waals surface area (Å²) in [5.74, 6) is -2.58. The van der Waals surface area contributed by atoms with E-state index >= 15 is 0 Å². The number of benzene rings is 1. The molecule has 0 radical (unpaired) electrons. The van der Waals surface area contributed by atoms with Crippen LogP contribution in [0, 0.1) is 0 Å². The van der Waals surface area contributed by atoms with Gasteiger partial charge < -0.3 is 5.11 Å². The summed E-state index contributed by atoms with van der Waals surface area (Å²) in [7, 11) is 0. The number of Topliss-reactive ketones (excluding diaryl/α,β-unsaturated/α-hetero) is 3. The summed E-state index contributed by atoms with van der Waals surface area (Å²) < 4.78 is 0. The van der Waals surface area contributed by atoms with Crippen LogP contribution >= 0.6 is 0 Å². The normalized spacial score (nSPS) is 9.42. The molecule has 0 fully saturated rings. The average Bonchev–Trinajstić information content (AvgIpc) is 2.26. The Morgan fingerprint density at radius 3 is 1.26 bits per heavy atom. The smallest absolute Gasteiger partial charge is 0.336 e. The molecule has 0 amide bonds. The fraction of sp³-hybridized carbons (Fsp3) is 0.231. The van der Waals surface area contributed by atoms with Gasteiger partial charge in [-0.3, -0.25) is 14.4 Å². The van der Waals surface area contributed by atoms with Gasteiger partial charge in [0.1, 0.15) is 0 Å². The summed E-state index contributed by atoms with van der Waals surface area (Å²) in [5, 5.41) is 9.00. The maximum Gasteiger partial charge on any atom is 0.336 e. The molecule has 0 aliphatic heterocycles. The van der Waals surface area contributed by atoms with Gasteiger partial charge in [0.25, 0.3) is 0 Å². The zero-order valence-corrected chi connectivity index (χ0v) is 17.3. The molecule has 0 saturated heterocycles. The van der Waals surface area contributed by atoms with E-state index in [9.17, 15) is 19.2 Å². The zero-order chi connectivity index (χ0) is 14.0. The van der Waals surface area contributed by atoms with Crippen molar-refractivity contribution >= 4 is 23.3 Å². The molecule has 0 unspecified atom stereocenters. The molecule has 1 N–H and O–H groups in total. The van der Waals surface area contributed by atoms with Crippen LogP contribution in [-0.2, 0) is 0 Å². The molecule has 0 spiro atoms. The first kappa shape index (κ1) is 15.7. The Bertz CT molecular complexity index is 476. The predicted octanol–water partition coefficient (Wildman–Crippen LogP) is 1.99. The van der Waals surface area contributed by atoms with Crippen LogP contribution in [0.4, 0.5) is 0 Å². The van der Waals surface area contributed by atoms with Crippen molar-refractivity contribution in [1.82, 2.24) is 0 Å². The molecule has 0 aliphatic carbocycles. The largest absolute Gasteiger partial charge is 0.478 e. The molecule has 1 rings (SSSR count). The Morgan fingerprint density at radius 1 is 0.737 bits per heavy atom. The van der Waals surface area contributed by atoms with Crippen molar-refractivity contribution in [3.8, 4) is 0 Å². The van der Waals surface area contributed by atoms with Gasteiger partial charge >= 0.3 is 5.97 Å². The maximum absolute atomic E-state index is 11.4. The van der Waals surface area contributed by atoms with E-state index in [1.54, 1.807) is 0 Å².